The Balaban J connectivity index is 1.89. The molecule has 1 unspecified atom stereocenters. The minimum atomic E-state index is 0.209. The second-order valence-electron chi connectivity index (χ2n) is 6.00. The number of benzene rings is 1. The first-order chi connectivity index (χ1) is 10.1. The summed E-state index contributed by atoms with van der Waals surface area (Å²) in [7, 11) is 3.88. The summed E-state index contributed by atoms with van der Waals surface area (Å²) >= 11 is 0. The third-order valence-electron chi connectivity index (χ3n) is 4.37. The van der Waals surface area contributed by atoms with Gasteiger partial charge in [0.25, 0.3) is 0 Å². The normalized spacial score (nSPS) is 18.9. The topological polar surface area (TPSA) is 35.6 Å². The highest BCUT2D eigenvalue weighted by molar-refractivity contribution is 5.78. The molecule has 2 rings (SSSR count). The molecule has 1 atom stereocenters. The second-order valence-corrected chi connectivity index (χ2v) is 6.00. The van der Waals surface area contributed by atoms with Crippen LogP contribution >= 0.6 is 0 Å². The maximum Gasteiger partial charge on any atom is 0.236 e. The zero-order chi connectivity index (χ0) is 15.2. The van der Waals surface area contributed by atoms with Crippen molar-refractivity contribution in [1.82, 2.24) is 15.1 Å². The summed E-state index contributed by atoms with van der Waals surface area (Å²) in [5.74, 6) is 0.209. The molecule has 1 heterocycles. The van der Waals surface area contributed by atoms with E-state index in [4.69, 9.17) is 0 Å². The monoisotopic (exact) mass is 289 g/mol. The summed E-state index contributed by atoms with van der Waals surface area (Å²) in [6.07, 6.45) is 2.39. The van der Waals surface area contributed by atoms with E-state index in [9.17, 15) is 4.79 Å². The highest BCUT2D eigenvalue weighted by atomic mass is 16.2. The SMILES string of the molecule is CNCC1CCCN1CC(=O)N(C)Cc1ccccc1C. The molecule has 1 aromatic carbocycles. The van der Waals surface area contributed by atoms with Crippen LogP contribution in [0.25, 0.3) is 0 Å². The van der Waals surface area contributed by atoms with Crippen molar-refractivity contribution in [2.24, 2.45) is 0 Å². The highest BCUT2D eigenvalue weighted by Gasteiger charge is 2.26. The van der Waals surface area contributed by atoms with Crippen LogP contribution in [-0.2, 0) is 11.3 Å². The van der Waals surface area contributed by atoms with Crippen LogP contribution in [0.2, 0.25) is 0 Å². The van der Waals surface area contributed by atoms with Crippen LogP contribution in [-0.4, -0.2) is 55.5 Å². The quantitative estimate of drug-likeness (QED) is 0.865. The number of nitrogens with one attached hydrogen (secondary N) is 1. The number of likely N-dealkylation sites (N-methyl/N-ethyl adjacent to an activating group) is 2. The van der Waals surface area contributed by atoms with Crippen molar-refractivity contribution >= 4 is 5.91 Å². The first-order valence-electron chi connectivity index (χ1n) is 7.79. The molecule has 0 radical (unpaired) electrons. The maximum atomic E-state index is 12.4. The van der Waals surface area contributed by atoms with Crippen LogP contribution in [0.5, 0.6) is 0 Å². The van der Waals surface area contributed by atoms with E-state index in [1.54, 1.807) is 0 Å². The molecule has 1 aliphatic heterocycles. The van der Waals surface area contributed by atoms with Crippen LogP contribution in [0.3, 0.4) is 0 Å². The van der Waals surface area contributed by atoms with Crippen molar-refractivity contribution in [2.45, 2.75) is 32.4 Å². The molecule has 116 valence electrons. The summed E-state index contributed by atoms with van der Waals surface area (Å²) in [6, 6.07) is 8.76. The van der Waals surface area contributed by atoms with Crippen LogP contribution in [0.15, 0.2) is 24.3 Å². The predicted octanol–water partition coefficient (Wildman–Crippen LogP) is 1.64. The highest BCUT2D eigenvalue weighted by Crippen LogP contribution is 2.17. The van der Waals surface area contributed by atoms with Gasteiger partial charge in [0.05, 0.1) is 6.54 Å². The van der Waals surface area contributed by atoms with E-state index < -0.39 is 0 Å². The molecular formula is C17H27N3O. The lowest BCUT2D eigenvalue weighted by Gasteiger charge is -2.26. The van der Waals surface area contributed by atoms with E-state index in [1.807, 2.05) is 31.1 Å². The number of carbonyl (C=O) groups is 1. The molecule has 1 aromatic rings. The van der Waals surface area contributed by atoms with E-state index in [-0.39, 0.29) is 5.91 Å². The minimum absolute atomic E-state index is 0.209. The standard InChI is InChI=1S/C17H27N3O/c1-14-7-4-5-8-15(14)12-19(3)17(21)13-20-10-6-9-16(20)11-18-2/h4-5,7-8,16,18H,6,9-13H2,1-3H3. The van der Waals surface area contributed by atoms with Crippen LogP contribution in [0.1, 0.15) is 24.0 Å². The Morgan fingerprint density at radius 3 is 2.90 bits per heavy atom. The van der Waals surface area contributed by atoms with E-state index in [2.05, 4.69) is 29.3 Å². The van der Waals surface area contributed by atoms with Gasteiger partial charge in [-0.3, -0.25) is 9.69 Å². The average Bonchev–Trinajstić information content (AvgIpc) is 2.89. The van der Waals surface area contributed by atoms with Gasteiger partial charge >= 0.3 is 0 Å². The molecule has 0 spiro atoms. The van der Waals surface area contributed by atoms with E-state index in [1.165, 1.54) is 24.0 Å². The zero-order valence-electron chi connectivity index (χ0n) is 13.4. The number of hydrogen-bond acceptors (Lipinski definition) is 3. The Morgan fingerprint density at radius 2 is 2.19 bits per heavy atom. The molecule has 0 saturated carbocycles. The lowest BCUT2D eigenvalue weighted by molar-refractivity contribution is -0.131. The smallest absolute Gasteiger partial charge is 0.236 e. The third-order valence-corrected chi connectivity index (χ3v) is 4.37. The Morgan fingerprint density at radius 1 is 1.43 bits per heavy atom. The molecule has 1 N–H and O–H groups in total. The number of likely N-dealkylation sites (tertiary alicyclic amines) is 1. The fourth-order valence-electron chi connectivity index (χ4n) is 3.00. The van der Waals surface area contributed by atoms with Crippen molar-refractivity contribution in [2.75, 3.05) is 33.7 Å². The Kier molecular flexibility index (Phi) is 5.76. The summed E-state index contributed by atoms with van der Waals surface area (Å²) < 4.78 is 0. The molecule has 1 amide bonds. The van der Waals surface area contributed by atoms with Crippen molar-refractivity contribution in [3.05, 3.63) is 35.4 Å². The van der Waals surface area contributed by atoms with E-state index >= 15 is 0 Å². The summed E-state index contributed by atoms with van der Waals surface area (Å²) in [5, 5.41) is 3.22. The summed E-state index contributed by atoms with van der Waals surface area (Å²) in [4.78, 5) is 16.6. The van der Waals surface area contributed by atoms with Gasteiger partial charge in [0.2, 0.25) is 5.91 Å². The lowest BCUT2D eigenvalue weighted by atomic mass is 10.1. The van der Waals surface area contributed by atoms with Gasteiger partial charge in [0.1, 0.15) is 0 Å². The zero-order valence-corrected chi connectivity index (χ0v) is 13.4. The van der Waals surface area contributed by atoms with Gasteiger partial charge in [-0.2, -0.15) is 0 Å². The largest absolute Gasteiger partial charge is 0.340 e. The molecule has 1 fully saturated rings. The van der Waals surface area contributed by atoms with Crippen LogP contribution in [0, 0.1) is 6.92 Å². The van der Waals surface area contributed by atoms with E-state index in [0.717, 1.165) is 13.1 Å². The number of amides is 1. The van der Waals surface area contributed by atoms with Crippen molar-refractivity contribution in [3.63, 3.8) is 0 Å². The molecule has 0 aromatic heterocycles. The first kappa shape index (κ1) is 16.0. The number of rotatable bonds is 6. The maximum absolute atomic E-state index is 12.4. The lowest BCUT2D eigenvalue weighted by Crippen LogP contribution is -2.43. The van der Waals surface area contributed by atoms with Gasteiger partial charge in [0.15, 0.2) is 0 Å². The third kappa shape index (κ3) is 4.29. The van der Waals surface area contributed by atoms with E-state index in [0.29, 0.717) is 19.1 Å². The fraction of sp³-hybridized carbons (Fsp3) is 0.588. The molecule has 1 aliphatic rings. The van der Waals surface area contributed by atoms with Crippen molar-refractivity contribution in [3.8, 4) is 0 Å². The van der Waals surface area contributed by atoms with Crippen molar-refractivity contribution in [1.29, 1.82) is 0 Å². The molecule has 0 bridgehead atoms. The Bertz CT molecular complexity index is 475. The van der Waals surface area contributed by atoms with Crippen LogP contribution in [0.4, 0.5) is 0 Å². The fourth-order valence-corrected chi connectivity index (χ4v) is 3.00. The number of aryl methyl sites for hydroxylation is 1. The van der Waals surface area contributed by atoms with Crippen LogP contribution < -0.4 is 5.32 Å². The molecular weight excluding hydrogens is 262 g/mol. The van der Waals surface area contributed by atoms with Gasteiger partial charge in [0, 0.05) is 26.2 Å². The predicted molar refractivity (Wildman–Crippen MR) is 86.2 cm³/mol. The Labute approximate surface area is 128 Å². The van der Waals surface area contributed by atoms with Gasteiger partial charge in [-0.05, 0) is 44.5 Å². The summed E-state index contributed by atoms with van der Waals surface area (Å²) in [6.45, 7) is 5.33. The first-order valence-corrected chi connectivity index (χ1v) is 7.79. The molecule has 21 heavy (non-hydrogen) atoms. The Hall–Kier alpha value is -1.39. The molecule has 4 heteroatoms. The summed E-state index contributed by atoms with van der Waals surface area (Å²) in [5.41, 5.74) is 2.47. The van der Waals surface area contributed by atoms with Crippen molar-refractivity contribution < 1.29 is 4.79 Å². The number of carbonyl (C=O) groups excluding carboxylic acids is 1. The number of hydrogen-bond donors (Lipinski definition) is 1. The minimum Gasteiger partial charge on any atom is -0.340 e. The molecule has 4 nitrogen and oxygen atoms in total. The van der Waals surface area contributed by atoms with Gasteiger partial charge in [-0.25, -0.2) is 0 Å². The second kappa shape index (κ2) is 7.57. The molecule has 0 aliphatic carbocycles. The van der Waals surface area contributed by atoms with Gasteiger partial charge in [-0.15, -0.1) is 0 Å². The average molecular weight is 289 g/mol. The van der Waals surface area contributed by atoms with Gasteiger partial charge < -0.3 is 10.2 Å². The number of nitrogens with zero attached hydrogens (tertiary/aromatic N) is 2. The molecule has 1 saturated heterocycles. The van der Waals surface area contributed by atoms with Gasteiger partial charge in [-0.1, -0.05) is 24.3 Å².